The number of hydrogen-bond acceptors (Lipinski definition) is 3. The van der Waals surface area contributed by atoms with Gasteiger partial charge in [-0.15, -0.1) is 0 Å². The molecule has 1 aliphatic rings. The lowest BCUT2D eigenvalue weighted by molar-refractivity contribution is -0.130. The molecule has 0 bridgehead atoms. The van der Waals surface area contributed by atoms with Crippen LogP contribution in [0.1, 0.15) is 38.7 Å². The number of benzene rings is 1. The lowest BCUT2D eigenvalue weighted by atomic mass is 9.96. The van der Waals surface area contributed by atoms with E-state index in [4.69, 9.17) is 5.73 Å². The number of carbonyl (C=O) groups is 2. The van der Waals surface area contributed by atoms with Crippen molar-refractivity contribution in [1.82, 2.24) is 5.32 Å². The number of hydrogen-bond donors (Lipinski definition) is 2. The average molecular weight is 303 g/mol. The van der Waals surface area contributed by atoms with E-state index in [0.717, 1.165) is 17.7 Å². The zero-order chi connectivity index (χ0) is 16.3. The van der Waals surface area contributed by atoms with Gasteiger partial charge in [0.15, 0.2) is 0 Å². The molecule has 2 amide bonds. The highest BCUT2D eigenvalue weighted by atomic mass is 16.2. The molecule has 1 saturated heterocycles. The second kappa shape index (κ2) is 6.48. The minimum atomic E-state index is -0.924. The van der Waals surface area contributed by atoms with E-state index in [1.807, 2.05) is 38.1 Å². The monoisotopic (exact) mass is 303 g/mol. The molecule has 0 radical (unpaired) electrons. The SMILES string of the molecule is CCCC(C)(N)C(=O)NC1CCN(c2ccc(C)cc2)C1=O. The third-order valence-electron chi connectivity index (χ3n) is 4.14. The maximum absolute atomic E-state index is 12.5. The number of nitrogens with two attached hydrogens (primary N) is 1. The molecule has 1 heterocycles. The molecule has 1 aromatic carbocycles. The van der Waals surface area contributed by atoms with Gasteiger partial charge in [-0.1, -0.05) is 31.0 Å². The standard InChI is InChI=1S/C17H25N3O2/c1-4-10-17(3,18)16(22)19-14-9-11-20(15(14)21)13-7-5-12(2)6-8-13/h5-8,14H,4,9-11,18H2,1-3H3,(H,19,22). The summed E-state index contributed by atoms with van der Waals surface area (Å²) in [6.45, 7) is 6.32. The molecule has 5 nitrogen and oxygen atoms in total. The van der Waals surface area contributed by atoms with Gasteiger partial charge >= 0.3 is 0 Å². The summed E-state index contributed by atoms with van der Waals surface area (Å²) in [5, 5.41) is 2.81. The Bertz CT molecular complexity index is 552. The molecule has 120 valence electrons. The van der Waals surface area contributed by atoms with Crippen molar-refractivity contribution in [2.45, 2.75) is 51.6 Å². The van der Waals surface area contributed by atoms with Gasteiger partial charge in [-0.2, -0.15) is 0 Å². The minimum Gasteiger partial charge on any atom is -0.343 e. The average Bonchev–Trinajstić information content (AvgIpc) is 2.81. The summed E-state index contributed by atoms with van der Waals surface area (Å²) in [5.41, 5.74) is 7.12. The van der Waals surface area contributed by atoms with Gasteiger partial charge in [0, 0.05) is 12.2 Å². The number of anilines is 1. The predicted molar refractivity (Wildman–Crippen MR) is 87.6 cm³/mol. The van der Waals surface area contributed by atoms with Crippen LogP contribution in [0.25, 0.3) is 0 Å². The van der Waals surface area contributed by atoms with Crippen LogP contribution in [-0.4, -0.2) is 29.9 Å². The van der Waals surface area contributed by atoms with Gasteiger partial charge in [-0.25, -0.2) is 0 Å². The van der Waals surface area contributed by atoms with Gasteiger partial charge in [0.1, 0.15) is 6.04 Å². The second-order valence-corrected chi connectivity index (χ2v) is 6.31. The number of amides is 2. The Morgan fingerprint density at radius 2 is 2.05 bits per heavy atom. The first-order chi connectivity index (χ1) is 10.3. The number of aryl methyl sites for hydroxylation is 1. The van der Waals surface area contributed by atoms with E-state index >= 15 is 0 Å². The minimum absolute atomic E-state index is 0.0653. The van der Waals surface area contributed by atoms with Crippen molar-refractivity contribution in [3.8, 4) is 0 Å². The maximum atomic E-state index is 12.5. The van der Waals surface area contributed by atoms with Crippen LogP contribution in [-0.2, 0) is 9.59 Å². The molecule has 2 rings (SSSR count). The van der Waals surface area contributed by atoms with Gasteiger partial charge in [-0.05, 0) is 38.8 Å². The molecule has 1 fully saturated rings. The Morgan fingerprint density at radius 1 is 1.41 bits per heavy atom. The Balaban J connectivity index is 2.02. The van der Waals surface area contributed by atoms with Crippen LogP contribution < -0.4 is 16.0 Å². The van der Waals surface area contributed by atoms with Gasteiger partial charge in [0.25, 0.3) is 0 Å². The quantitative estimate of drug-likeness (QED) is 0.870. The Labute approximate surface area is 131 Å². The molecule has 3 N–H and O–H groups in total. The smallest absolute Gasteiger partial charge is 0.249 e. The molecule has 0 saturated carbocycles. The summed E-state index contributed by atoms with van der Waals surface area (Å²) in [4.78, 5) is 26.4. The lowest BCUT2D eigenvalue weighted by Gasteiger charge is -2.25. The molecule has 5 heteroatoms. The first-order valence-electron chi connectivity index (χ1n) is 7.83. The molecule has 0 spiro atoms. The molecular weight excluding hydrogens is 278 g/mol. The molecule has 0 aromatic heterocycles. The highest BCUT2D eigenvalue weighted by Crippen LogP contribution is 2.22. The molecule has 1 aromatic rings. The van der Waals surface area contributed by atoms with Crippen LogP contribution >= 0.6 is 0 Å². The van der Waals surface area contributed by atoms with Crippen LogP contribution in [0.2, 0.25) is 0 Å². The molecule has 2 unspecified atom stereocenters. The van der Waals surface area contributed by atoms with Crippen LogP contribution in [0.3, 0.4) is 0 Å². The van der Waals surface area contributed by atoms with E-state index < -0.39 is 11.6 Å². The van der Waals surface area contributed by atoms with Gasteiger partial charge in [-0.3, -0.25) is 9.59 Å². The van der Waals surface area contributed by atoms with Crippen molar-refractivity contribution in [2.24, 2.45) is 5.73 Å². The van der Waals surface area contributed by atoms with Crippen molar-refractivity contribution in [3.05, 3.63) is 29.8 Å². The number of carbonyl (C=O) groups excluding carboxylic acids is 2. The summed E-state index contributed by atoms with van der Waals surface area (Å²) in [6.07, 6.45) is 2.04. The summed E-state index contributed by atoms with van der Waals surface area (Å²) < 4.78 is 0. The Morgan fingerprint density at radius 3 is 2.64 bits per heavy atom. The zero-order valence-corrected chi connectivity index (χ0v) is 13.6. The molecule has 0 aliphatic carbocycles. The largest absolute Gasteiger partial charge is 0.343 e. The van der Waals surface area contributed by atoms with Gasteiger partial charge in [0.05, 0.1) is 5.54 Å². The van der Waals surface area contributed by atoms with Gasteiger partial charge < -0.3 is 16.0 Å². The fraction of sp³-hybridized carbons (Fsp3) is 0.529. The molecule has 1 aliphatic heterocycles. The summed E-state index contributed by atoms with van der Waals surface area (Å²) >= 11 is 0. The van der Waals surface area contributed by atoms with E-state index in [9.17, 15) is 9.59 Å². The zero-order valence-electron chi connectivity index (χ0n) is 13.6. The van der Waals surface area contributed by atoms with Crippen LogP contribution in [0.4, 0.5) is 5.69 Å². The lowest BCUT2D eigenvalue weighted by Crippen LogP contribution is -2.55. The summed E-state index contributed by atoms with van der Waals surface area (Å²) in [7, 11) is 0. The number of rotatable bonds is 5. The van der Waals surface area contributed by atoms with E-state index in [1.54, 1.807) is 11.8 Å². The molecule has 22 heavy (non-hydrogen) atoms. The normalized spacial score (nSPS) is 20.8. The van der Waals surface area contributed by atoms with Crippen molar-refractivity contribution in [1.29, 1.82) is 0 Å². The van der Waals surface area contributed by atoms with E-state index in [0.29, 0.717) is 19.4 Å². The molecular formula is C17H25N3O2. The van der Waals surface area contributed by atoms with Crippen molar-refractivity contribution in [2.75, 3.05) is 11.4 Å². The van der Waals surface area contributed by atoms with Crippen LogP contribution in [0.15, 0.2) is 24.3 Å². The van der Waals surface area contributed by atoms with Crippen LogP contribution in [0.5, 0.6) is 0 Å². The molecule has 2 atom stereocenters. The third kappa shape index (κ3) is 3.47. The third-order valence-corrected chi connectivity index (χ3v) is 4.14. The predicted octanol–water partition coefficient (Wildman–Crippen LogP) is 1.73. The summed E-state index contributed by atoms with van der Waals surface area (Å²) in [6, 6.07) is 7.34. The van der Waals surface area contributed by atoms with Crippen molar-refractivity contribution in [3.63, 3.8) is 0 Å². The summed E-state index contributed by atoms with van der Waals surface area (Å²) in [5.74, 6) is -0.317. The highest BCUT2D eigenvalue weighted by Gasteiger charge is 2.37. The Hall–Kier alpha value is -1.88. The fourth-order valence-electron chi connectivity index (χ4n) is 2.75. The Kier molecular flexibility index (Phi) is 4.86. The number of nitrogens with one attached hydrogen (secondary N) is 1. The van der Waals surface area contributed by atoms with Crippen LogP contribution in [0, 0.1) is 6.92 Å². The maximum Gasteiger partial charge on any atom is 0.249 e. The van der Waals surface area contributed by atoms with E-state index in [2.05, 4.69) is 5.32 Å². The highest BCUT2D eigenvalue weighted by molar-refractivity contribution is 6.02. The fourth-order valence-corrected chi connectivity index (χ4v) is 2.75. The first-order valence-corrected chi connectivity index (χ1v) is 7.83. The van der Waals surface area contributed by atoms with E-state index in [1.165, 1.54) is 0 Å². The number of nitrogens with zero attached hydrogens (tertiary/aromatic N) is 1. The second-order valence-electron chi connectivity index (χ2n) is 6.31. The topological polar surface area (TPSA) is 75.4 Å². The van der Waals surface area contributed by atoms with Gasteiger partial charge in [0.2, 0.25) is 11.8 Å². The van der Waals surface area contributed by atoms with Crippen molar-refractivity contribution < 1.29 is 9.59 Å². The van der Waals surface area contributed by atoms with Crippen molar-refractivity contribution >= 4 is 17.5 Å². The first kappa shape index (κ1) is 16.5. The van der Waals surface area contributed by atoms with E-state index in [-0.39, 0.29) is 11.8 Å².